The summed E-state index contributed by atoms with van der Waals surface area (Å²) in [5.41, 5.74) is 2.31. The number of nitrogens with one attached hydrogen (secondary N) is 1. The van der Waals surface area contributed by atoms with Crippen LogP contribution in [0.1, 0.15) is 37.3 Å². The molecule has 0 radical (unpaired) electrons. The van der Waals surface area contributed by atoms with Crippen LogP contribution in [0.4, 0.5) is 4.79 Å². The molecule has 5 atom stereocenters. The van der Waals surface area contributed by atoms with Crippen LogP contribution in [-0.4, -0.2) is 75.9 Å². The summed E-state index contributed by atoms with van der Waals surface area (Å²) in [5.74, 6) is 1.37. The minimum Gasteiger partial charge on any atom is -0.481 e. The number of likely N-dealkylation sites (tertiary alicyclic amines) is 1. The summed E-state index contributed by atoms with van der Waals surface area (Å²) in [6.07, 6.45) is 2.26. The Balaban J connectivity index is 1.44. The van der Waals surface area contributed by atoms with E-state index in [9.17, 15) is 9.59 Å². The molecule has 9 nitrogen and oxygen atoms in total. The van der Waals surface area contributed by atoms with Crippen LogP contribution in [0.2, 0.25) is 0 Å². The molecule has 180 valence electrons. The number of piperidine rings is 1. The van der Waals surface area contributed by atoms with Crippen LogP contribution < -0.4 is 14.8 Å². The van der Waals surface area contributed by atoms with Gasteiger partial charge in [0.1, 0.15) is 18.8 Å². The largest absolute Gasteiger partial charge is 0.481 e. The quantitative estimate of drug-likeness (QED) is 0.488. The van der Waals surface area contributed by atoms with E-state index in [0.29, 0.717) is 24.1 Å². The summed E-state index contributed by atoms with van der Waals surface area (Å²) in [5, 5.41) is 2.51. The Morgan fingerprint density at radius 1 is 1.30 bits per heavy atom. The maximum absolute atomic E-state index is 12.5. The zero-order chi connectivity index (χ0) is 23.2. The topological polar surface area (TPSA) is 95.6 Å². The first kappa shape index (κ1) is 22.3. The Labute approximate surface area is 193 Å². The van der Waals surface area contributed by atoms with Crippen molar-refractivity contribution < 1.29 is 33.3 Å². The molecule has 2 aliphatic heterocycles. The standard InChI is InChI=1S/C24H32N2O7/c1-4-30-19(27)12-25-23(28)32-18-8-6-15-16-11-14-5-7-17(31-13-29-3)21-20(14)24(15,22(18)33-21)9-10-26(16)2/h5,7,15-16,18,22H,4,6,8-13H2,1-3H3,(H,25,28)/t15-,16+,18-,22-,24-/m0/s1. The molecule has 1 saturated heterocycles. The Morgan fingerprint density at radius 2 is 2.15 bits per heavy atom. The molecule has 0 unspecified atom stereocenters. The van der Waals surface area contributed by atoms with E-state index in [1.165, 1.54) is 11.1 Å². The van der Waals surface area contributed by atoms with Crippen molar-refractivity contribution in [3.63, 3.8) is 0 Å². The lowest BCUT2D eigenvalue weighted by atomic mass is 9.51. The normalized spacial score (nSPS) is 31.2. The number of hydrogen-bond acceptors (Lipinski definition) is 8. The van der Waals surface area contributed by atoms with Gasteiger partial charge in [-0.1, -0.05) is 6.07 Å². The molecule has 0 aromatic heterocycles. The van der Waals surface area contributed by atoms with Crippen LogP contribution in [0.3, 0.4) is 0 Å². The number of nitrogens with zero attached hydrogens (tertiary/aromatic N) is 1. The summed E-state index contributed by atoms with van der Waals surface area (Å²) in [7, 11) is 3.79. The monoisotopic (exact) mass is 460 g/mol. The van der Waals surface area contributed by atoms with Crippen molar-refractivity contribution in [1.29, 1.82) is 0 Å². The smallest absolute Gasteiger partial charge is 0.408 e. The summed E-state index contributed by atoms with van der Waals surface area (Å²) in [6, 6.07) is 4.54. The summed E-state index contributed by atoms with van der Waals surface area (Å²) < 4.78 is 28.3. The van der Waals surface area contributed by atoms with Crippen LogP contribution in [0.15, 0.2) is 12.1 Å². The van der Waals surface area contributed by atoms with Crippen molar-refractivity contribution in [3.8, 4) is 11.5 Å². The lowest BCUT2D eigenvalue weighted by molar-refractivity contribution is -0.142. The molecule has 1 aromatic rings. The molecule has 1 N–H and O–H groups in total. The van der Waals surface area contributed by atoms with Gasteiger partial charge >= 0.3 is 12.1 Å². The number of carbonyl (C=O) groups excluding carboxylic acids is 2. The number of rotatable bonds is 7. The molecule has 2 heterocycles. The van der Waals surface area contributed by atoms with Gasteiger partial charge in [0.25, 0.3) is 0 Å². The van der Waals surface area contributed by atoms with Crippen LogP contribution in [0.25, 0.3) is 0 Å². The number of methoxy groups -OCH3 is 1. The van der Waals surface area contributed by atoms with Crippen molar-refractivity contribution in [3.05, 3.63) is 23.3 Å². The fourth-order valence-corrected chi connectivity index (χ4v) is 6.57. The second kappa shape index (κ2) is 8.68. The molecule has 1 saturated carbocycles. The van der Waals surface area contributed by atoms with E-state index < -0.39 is 18.2 Å². The van der Waals surface area contributed by atoms with Gasteiger partial charge in [-0.3, -0.25) is 4.79 Å². The molecular formula is C24H32N2O7. The van der Waals surface area contributed by atoms with E-state index in [1.54, 1.807) is 14.0 Å². The SMILES string of the molecule is CCOC(=O)CNC(=O)O[C@H]1CC[C@H]2[C@H]3Cc4ccc(OCOC)c5c4[C@@]2(CCN3C)[C@H]1O5. The lowest BCUT2D eigenvalue weighted by Gasteiger charge is -2.58. The zero-order valence-electron chi connectivity index (χ0n) is 19.4. The summed E-state index contributed by atoms with van der Waals surface area (Å²) in [6.45, 7) is 2.87. The molecule has 2 bridgehead atoms. The molecule has 1 spiro atoms. The highest BCUT2D eigenvalue weighted by Gasteiger charge is 2.66. The minimum absolute atomic E-state index is 0.137. The van der Waals surface area contributed by atoms with Crippen molar-refractivity contribution >= 4 is 12.1 Å². The highest BCUT2D eigenvalue weighted by Crippen LogP contribution is 2.64. The van der Waals surface area contributed by atoms with Gasteiger partial charge in [0.2, 0.25) is 0 Å². The third kappa shape index (κ3) is 3.52. The second-order valence-corrected chi connectivity index (χ2v) is 9.34. The van der Waals surface area contributed by atoms with Gasteiger partial charge < -0.3 is 33.9 Å². The van der Waals surface area contributed by atoms with Crippen LogP contribution >= 0.6 is 0 Å². The Bertz CT molecular complexity index is 938. The Morgan fingerprint density at radius 3 is 2.94 bits per heavy atom. The molecule has 5 rings (SSSR count). The van der Waals surface area contributed by atoms with E-state index >= 15 is 0 Å². The average Bonchev–Trinajstić information content (AvgIpc) is 3.16. The number of carbonyl (C=O) groups is 2. The first-order valence-corrected chi connectivity index (χ1v) is 11.7. The van der Waals surface area contributed by atoms with Crippen LogP contribution in [0, 0.1) is 5.92 Å². The van der Waals surface area contributed by atoms with Gasteiger partial charge in [-0.2, -0.15) is 0 Å². The number of alkyl carbamates (subject to hydrolysis) is 1. The maximum Gasteiger partial charge on any atom is 0.408 e. The van der Waals surface area contributed by atoms with E-state index in [-0.39, 0.29) is 31.5 Å². The summed E-state index contributed by atoms with van der Waals surface area (Å²) >= 11 is 0. The number of hydrogen-bond donors (Lipinski definition) is 1. The predicted octanol–water partition coefficient (Wildman–Crippen LogP) is 2.00. The Kier molecular flexibility index (Phi) is 5.86. The van der Waals surface area contributed by atoms with Crippen molar-refractivity contribution in [2.75, 3.05) is 40.6 Å². The maximum atomic E-state index is 12.5. The van der Waals surface area contributed by atoms with E-state index in [0.717, 1.165) is 31.6 Å². The number of ether oxygens (including phenoxy) is 5. The average molecular weight is 461 g/mol. The molecule has 1 amide bonds. The van der Waals surface area contributed by atoms with Crippen LogP contribution in [0.5, 0.6) is 11.5 Å². The van der Waals surface area contributed by atoms with Gasteiger partial charge in [-0.25, -0.2) is 4.79 Å². The zero-order valence-corrected chi connectivity index (χ0v) is 19.4. The third-order valence-corrected chi connectivity index (χ3v) is 7.80. The molecule has 9 heteroatoms. The van der Waals surface area contributed by atoms with Crippen LogP contribution in [-0.2, 0) is 30.8 Å². The van der Waals surface area contributed by atoms with Crippen molar-refractivity contribution in [1.82, 2.24) is 10.2 Å². The van der Waals surface area contributed by atoms with Gasteiger partial charge in [-0.15, -0.1) is 0 Å². The van der Waals surface area contributed by atoms with Gasteiger partial charge in [0.05, 0.1) is 6.61 Å². The molecule has 33 heavy (non-hydrogen) atoms. The third-order valence-electron chi connectivity index (χ3n) is 7.80. The minimum atomic E-state index is -0.626. The molecule has 4 aliphatic rings. The fraction of sp³-hybridized carbons (Fsp3) is 0.667. The number of benzene rings is 1. The molecule has 1 aromatic carbocycles. The second-order valence-electron chi connectivity index (χ2n) is 9.34. The summed E-state index contributed by atoms with van der Waals surface area (Å²) in [4.78, 5) is 26.6. The molecule has 2 aliphatic carbocycles. The fourth-order valence-electron chi connectivity index (χ4n) is 6.57. The van der Waals surface area contributed by atoms with Gasteiger partial charge in [-0.05, 0) is 63.7 Å². The molecule has 2 fully saturated rings. The number of esters is 1. The first-order chi connectivity index (χ1) is 16.0. The first-order valence-electron chi connectivity index (χ1n) is 11.7. The van der Waals surface area contributed by atoms with E-state index in [4.69, 9.17) is 23.7 Å². The number of likely N-dealkylation sites (N-methyl/N-ethyl adjacent to an activating group) is 1. The van der Waals surface area contributed by atoms with E-state index in [2.05, 4.69) is 23.3 Å². The predicted molar refractivity (Wildman–Crippen MR) is 117 cm³/mol. The van der Waals surface area contributed by atoms with Gasteiger partial charge in [0, 0.05) is 24.1 Å². The number of amides is 1. The lowest BCUT2D eigenvalue weighted by Crippen LogP contribution is -2.66. The highest BCUT2D eigenvalue weighted by atomic mass is 16.7. The van der Waals surface area contributed by atoms with Gasteiger partial charge in [0.15, 0.2) is 18.3 Å². The van der Waals surface area contributed by atoms with Crippen molar-refractivity contribution in [2.24, 2.45) is 5.92 Å². The molecular weight excluding hydrogens is 428 g/mol. The Hall–Kier alpha value is -2.52. The van der Waals surface area contributed by atoms with E-state index in [1.807, 2.05) is 6.07 Å². The highest BCUT2D eigenvalue weighted by molar-refractivity contribution is 5.78. The van der Waals surface area contributed by atoms with Crippen molar-refractivity contribution in [2.45, 2.75) is 56.3 Å².